The minimum Gasteiger partial charge on any atom is -0.256 e. The summed E-state index contributed by atoms with van der Waals surface area (Å²) >= 11 is 0. The van der Waals surface area contributed by atoms with E-state index < -0.39 is 0 Å². The highest BCUT2D eigenvalue weighted by Gasteiger charge is 1.95. The van der Waals surface area contributed by atoms with E-state index in [1.807, 2.05) is 60.7 Å². The van der Waals surface area contributed by atoms with Gasteiger partial charge in [-0.3, -0.25) is 4.99 Å². The number of allylic oxidation sites excluding steroid dienone is 1. The van der Waals surface area contributed by atoms with Crippen molar-refractivity contribution >= 4 is 18.0 Å². The van der Waals surface area contributed by atoms with Crippen LogP contribution in [0.25, 0.3) is 6.08 Å². The fraction of sp³-hybridized carbons (Fsp3) is 0. The maximum absolute atomic E-state index is 8.91. The van der Waals surface area contributed by atoms with Crippen LogP contribution in [0.5, 0.6) is 0 Å². The molecule has 0 heterocycles. The van der Waals surface area contributed by atoms with Crippen molar-refractivity contribution in [1.29, 1.82) is 5.26 Å². The van der Waals surface area contributed by atoms with Crippen molar-refractivity contribution in [1.82, 2.24) is 0 Å². The molecule has 0 N–H and O–H groups in total. The summed E-state index contributed by atoms with van der Waals surface area (Å²) in [6.45, 7) is 0. The summed E-state index contributed by atoms with van der Waals surface area (Å²) in [6.07, 6.45) is 5.53. The highest BCUT2D eigenvalue weighted by atomic mass is 14.7. The van der Waals surface area contributed by atoms with Gasteiger partial charge in [0.2, 0.25) is 0 Å². The van der Waals surface area contributed by atoms with Gasteiger partial charge in [0.05, 0.1) is 11.3 Å². The molecule has 0 bridgehead atoms. The van der Waals surface area contributed by atoms with Gasteiger partial charge in [-0.05, 0) is 23.8 Å². The Morgan fingerprint density at radius 3 is 2.44 bits per heavy atom. The molecule has 0 spiro atoms. The van der Waals surface area contributed by atoms with E-state index in [1.165, 1.54) is 0 Å². The first kappa shape index (κ1) is 11.8. The molecule has 0 amide bonds. The second-order valence-corrected chi connectivity index (χ2v) is 3.68. The third-order valence-corrected chi connectivity index (χ3v) is 2.41. The minimum absolute atomic E-state index is 0.585. The molecule has 2 rings (SSSR count). The van der Waals surface area contributed by atoms with Gasteiger partial charge in [0.15, 0.2) is 0 Å². The monoisotopic (exact) mass is 232 g/mol. The lowest BCUT2D eigenvalue weighted by molar-refractivity contribution is 1.45. The highest BCUT2D eigenvalue weighted by molar-refractivity contribution is 5.81. The molecule has 0 aliphatic carbocycles. The molecule has 0 unspecified atom stereocenters. The number of benzene rings is 2. The van der Waals surface area contributed by atoms with Gasteiger partial charge in [-0.2, -0.15) is 5.26 Å². The first-order valence-corrected chi connectivity index (χ1v) is 5.65. The fourth-order valence-electron chi connectivity index (χ4n) is 1.52. The average Bonchev–Trinajstić information content (AvgIpc) is 2.45. The Kier molecular flexibility index (Phi) is 4.05. The Hall–Kier alpha value is -2.66. The van der Waals surface area contributed by atoms with E-state index in [2.05, 4.69) is 11.1 Å². The van der Waals surface area contributed by atoms with Gasteiger partial charge in [0.1, 0.15) is 6.07 Å². The van der Waals surface area contributed by atoms with Gasteiger partial charge >= 0.3 is 0 Å². The van der Waals surface area contributed by atoms with Crippen LogP contribution in [0, 0.1) is 11.3 Å². The van der Waals surface area contributed by atoms with Gasteiger partial charge < -0.3 is 0 Å². The third-order valence-electron chi connectivity index (χ3n) is 2.41. The lowest BCUT2D eigenvalue weighted by atomic mass is 10.2. The molecule has 0 saturated carbocycles. The SMILES string of the molecule is N#Cc1ccccc1N=C/C=C\c1ccccc1. The Morgan fingerprint density at radius 2 is 1.67 bits per heavy atom. The highest BCUT2D eigenvalue weighted by Crippen LogP contribution is 2.16. The molecule has 2 heteroatoms. The number of aliphatic imine (C=N–C) groups is 1. The van der Waals surface area contributed by atoms with Crippen LogP contribution >= 0.6 is 0 Å². The zero-order valence-corrected chi connectivity index (χ0v) is 9.82. The quantitative estimate of drug-likeness (QED) is 0.737. The van der Waals surface area contributed by atoms with Gasteiger partial charge in [-0.25, -0.2) is 0 Å². The average molecular weight is 232 g/mol. The minimum atomic E-state index is 0.585. The Bertz CT molecular complexity index is 604. The number of para-hydroxylation sites is 1. The lowest BCUT2D eigenvalue weighted by Crippen LogP contribution is -1.75. The summed E-state index contributed by atoms with van der Waals surface area (Å²) in [6, 6.07) is 19.4. The van der Waals surface area contributed by atoms with Crippen molar-refractivity contribution in [2.45, 2.75) is 0 Å². The fourth-order valence-corrected chi connectivity index (χ4v) is 1.52. The van der Waals surface area contributed by atoms with Crippen LogP contribution in [0.1, 0.15) is 11.1 Å². The van der Waals surface area contributed by atoms with Crippen LogP contribution < -0.4 is 0 Å². The topological polar surface area (TPSA) is 36.1 Å². The van der Waals surface area contributed by atoms with Gasteiger partial charge in [0.25, 0.3) is 0 Å². The van der Waals surface area contributed by atoms with Gasteiger partial charge in [0, 0.05) is 6.21 Å². The van der Waals surface area contributed by atoms with Crippen LogP contribution in [0.2, 0.25) is 0 Å². The maximum atomic E-state index is 8.91. The molecule has 0 aliphatic rings. The Balaban J connectivity index is 2.09. The third kappa shape index (κ3) is 3.16. The molecule has 0 atom stereocenters. The summed E-state index contributed by atoms with van der Waals surface area (Å²) in [5.41, 5.74) is 2.40. The van der Waals surface area contributed by atoms with Crippen molar-refractivity contribution in [3.05, 3.63) is 71.8 Å². The lowest BCUT2D eigenvalue weighted by Gasteiger charge is -1.94. The number of hydrogen-bond acceptors (Lipinski definition) is 2. The van der Waals surface area contributed by atoms with Crippen molar-refractivity contribution in [3.8, 4) is 6.07 Å². The van der Waals surface area contributed by atoms with Crippen LogP contribution in [0.3, 0.4) is 0 Å². The first-order chi connectivity index (χ1) is 8.90. The van der Waals surface area contributed by atoms with E-state index in [1.54, 1.807) is 12.3 Å². The summed E-state index contributed by atoms with van der Waals surface area (Å²) in [5, 5.41) is 8.91. The number of hydrogen-bond donors (Lipinski definition) is 0. The Labute approximate surface area is 107 Å². The van der Waals surface area contributed by atoms with E-state index in [0.29, 0.717) is 11.3 Å². The van der Waals surface area contributed by atoms with Gasteiger partial charge in [-0.1, -0.05) is 48.5 Å². The predicted octanol–water partition coefficient (Wildman–Crippen LogP) is 3.97. The normalized spacial score (nSPS) is 10.8. The van der Waals surface area contributed by atoms with Crippen molar-refractivity contribution < 1.29 is 0 Å². The van der Waals surface area contributed by atoms with Crippen molar-refractivity contribution in [3.63, 3.8) is 0 Å². The van der Waals surface area contributed by atoms with Crippen molar-refractivity contribution in [2.24, 2.45) is 4.99 Å². The zero-order valence-electron chi connectivity index (χ0n) is 9.82. The molecular weight excluding hydrogens is 220 g/mol. The van der Waals surface area contributed by atoms with Gasteiger partial charge in [-0.15, -0.1) is 0 Å². The molecule has 0 aliphatic heterocycles. The first-order valence-electron chi connectivity index (χ1n) is 5.65. The van der Waals surface area contributed by atoms with Crippen molar-refractivity contribution in [2.75, 3.05) is 0 Å². The molecule has 0 saturated heterocycles. The van der Waals surface area contributed by atoms with E-state index in [0.717, 1.165) is 5.56 Å². The maximum Gasteiger partial charge on any atom is 0.101 e. The molecule has 0 fully saturated rings. The predicted molar refractivity (Wildman–Crippen MR) is 74.8 cm³/mol. The summed E-state index contributed by atoms with van der Waals surface area (Å²) in [5.74, 6) is 0. The standard InChI is InChI=1S/C16H12N2/c17-13-15-10-4-5-11-16(15)18-12-6-9-14-7-2-1-3-8-14/h1-12H/b9-6-,18-12?. The summed E-state index contributed by atoms with van der Waals surface area (Å²) < 4.78 is 0. The molecule has 2 aromatic rings. The molecule has 0 aromatic heterocycles. The molecule has 0 radical (unpaired) electrons. The molecule has 18 heavy (non-hydrogen) atoms. The van der Waals surface area contributed by atoms with Crippen LogP contribution in [0.4, 0.5) is 5.69 Å². The van der Waals surface area contributed by atoms with Crippen LogP contribution in [0.15, 0.2) is 65.7 Å². The van der Waals surface area contributed by atoms with Crippen LogP contribution in [-0.2, 0) is 0 Å². The summed E-state index contributed by atoms with van der Waals surface area (Å²) in [4.78, 5) is 4.26. The van der Waals surface area contributed by atoms with E-state index in [9.17, 15) is 0 Å². The Morgan fingerprint density at radius 1 is 0.944 bits per heavy atom. The van der Waals surface area contributed by atoms with E-state index in [-0.39, 0.29) is 0 Å². The molecule has 2 aromatic carbocycles. The smallest absolute Gasteiger partial charge is 0.101 e. The number of rotatable bonds is 3. The van der Waals surface area contributed by atoms with E-state index >= 15 is 0 Å². The van der Waals surface area contributed by atoms with E-state index in [4.69, 9.17) is 5.26 Å². The second-order valence-electron chi connectivity index (χ2n) is 3.68. The zero-order chi connectivity index (χ0) is 12.6. The molecule has 2 nitrogen and oxygen atoms in total. The number of nitrogens with zero attached hydrogens (tertiary/aromatic N) is 2. The van der Waals surface area contributed by atoms with Crippen LogP contribution in [-0.4, -0.2) is 6.21 Å². The molecule has 86 valence electrons. The largest absolute Gasteiger partial charge is 0.256 e. The number of nitriles is 1. The summed E-state index contributed by atoms with van der Waals surface area (Å²) in [7, 11) is 0. The second kappa shape index (κ2) is 6.17. The molecular formula is C16H12N2.